The van der Waals surface area contributed by atoms with E-state index < -0.39 is 0 Å². The van der Waals surface area contributed by atoms with Crippen molar-refractivity contribution in [1.82, 2.24) is 4.98 Å². The van der Waals surface area contributed by atoms with Crippen LogP contribution in [0.2, 0.25) is 0 Å². The number of benzene rings is 2. The van der Waals surface area contributed by atoms with E-state index in [1.807, 2.05) is 42.5 Å². The molecule has 0 aliphatic heterocycles. The monoisotopic (exact) mass is 359 g/mol. The molecule has 0 amide bonds. The molecule has 0 unspecified atom stereocenters. The summed E-state index contributed by atoms with van der Waals surface area (Å²) in [6, 6.07) is 13.7. The summed E-state index contributed by atoms with van der Waals surface area (Å²) in [5.74, 6) is 2.10. The molecule has 3 aromatic rings. The van der Waals surface area contributed by atoms with Crippen LogP contribution in [0, 0.1) is 5.92 Å². The van der Waals surface area contributed by atoms with Crippen molar-refractivity contribution in [2.24, 2.45) is 5.92 Å². The van der Waals surface area contributed by atoms with Gasteiger partial charge in [-0.25, -0.2) is 4.98 Å². The summed E-state index contributed by atoms with van der Waals surface area (Å²) in [6.07, 6.45) is 1.04. The highest BCUT2D eigenvalue weighted by molar-refractivity contribution is 9.10. The first-order valence-electron chi connectivity index (χ1n) is 7.41. The molecular weight excluding hydrogens is 342 g/mol. The lowest BCUT2D eigenvalue weighted by molar-refractivity contribution is 0.289. The summed E-state index contributed by atoms with van der Waals surface area (Å²) in [6.45, 7) is 5.11. The molecule has 1 heterocycles. The third-order valence-corrected chi connectivity index (χ3v) is 3.89. The Morgan fingerprint density at radius 1 is 1.18 bits per heavy atom. The molecule has 0 atom stereocenters. The van der Waals surface area contributed by atoms with Gasteiger partial charge in [-0.1, -0.05) is 35.8 Å². The molecule has 3 rings (SSSR count). The van der Waals surface area contributed by atoms with Crippen LogP contribution in [0.15, 0.2) is 51.4 Å². The van der Waals surface area contributed by atoms with Crippen LogP contribution in [0.25, 0.3) is 22.6 Å². The standard InChI is InChI=1S/C18H18BrNO2/c1-12(2)8-9-21-15-5-3-4-13(10-15)18-20-16-7-6-14(19)11-17(16)22-18/h3-7,10-12H,8-9H2,1-2H3. The fourth-order valence-corrected chi connectivity index (χ4v) is 2.49. The zero-order valence-corrected chi connectivity index (χ0v) is 14.3. The summed E-state index contributed by atoms with van der Waals surface area (Å²) in [7, 11) is 0. The van der Waals surface area contributed by atoms with Crippen molar-refractivity contribution >= 4 is 27.0 Å². The van der Waals surface area contributed by atoms with Gasteiger partial charge in [0.1, 0.15) is 11.3 Å². The van der Waals surface area contributed by atoms with Crippen LogP contribution in [0.4, 0.5) is 0 Å². The van der Waals surface area contributed by atoms with Crippen LogP contribution >= 0.6 is 15.9 Å². The van der Waals surface area contributed by atoms with E-state index >= 15 is 0 Å². The van der Waals surface area contributed by atoms with E-state index in [1.54, 1.807) is 0 Å². The van der Waals surface area contributed by atoms with Crippen molar-refractivity contribution in [2.45, 2.75) is 20.3 Å². The van der Waals surface area contributed by atoms with Crippen LogP contribution in [-0.2, 0) is 0 Å². The van der Waals surface area contributed by atoms with Gasteiger partial charge in [-0.15, -0.1) is 0 Å². The second-order valence-corrected chi connectivity index (χ2v) is 6.61. The number of hydrogen-bond acceptors (Lipinski definition) is 3. The van der Waals surface area contributed by atoms with Gasteiger partial charge in [0.2, 0.25) is 5.89 Å². The quantitative estimate of drug-likeness (QED) is 0.587. The first-order chi connectivity index (χ1) is 10.6. The molecule has 4 heteroatoms. The molecule has 0 N–H and O–H groups in total. The Bertz CT molecular complexity index is 780. The lowest BCUT2D eigenvalue weighted by Crippen LogP contribution is -2.01. The van der Waals surface area contributed by atoms with Crippen molar-refractivity contribution in [3.63, 3.8) is 0 Å². The number of aromatic nitrogens is 1. The van der Waals surface area contributed by atoms with Crippen molar-refractivity contribution < 1.29 is 9.15 Å². The predicted molar refractivity (Wildman–Crippen MR) is 92.1 cm³/mol. The Hall–Kier alpha value is -1.81. The highest BCUT2D eigenvalue weighted by Crippen LogP contribution is 2.28. The van der Waals surface area contributed by atoms with Crippen molar-refractivity contribution in [2.75, 3.05) is 6.61 Å². The van der Waals surface area contributed by atoms with Gasteiger partial charge in [0.05, 0.1) is 6.61 Å². The van der Waals surface area contributed by atoms with E-state index in [9.17, 15) is 0 Å². The van der Waals surface area contributed by atoms with Gasteiger partial charge < -0.3 is 9.15 Å². The van der Waals surface area contributed by atoms with Gasteiger partial charge in [0.25, 0.3) is 0 Å². The number of fused-ring (bicyclic) bond motifs is 1. The molecule has 0 bridgehead atoms. The minimum absolute atomic E-state index is 0.613. The predicted octanol–water partition coefficient (Wildman–Crippen LogP) is 5.68. The molecular formula is C18H18BrNO2. The number of halogens is 1. The summed E-state index contributed by atoms with van der Waals surface area (Å²) >= 11 is 3.44. The number of nitrogens with zero attached hydrogens (tertiary/aromatic N) is 1. The smallest absolute Gasteiger partial charge is 0.227 e. The Labute approximate surface area is 138 Å². The van der Waals surface area contributed by atoms with Crippen LogP contribution in [0.1, 0.15) is 20.3 Å². The Kier molecular flexibility index (Phi) is 4.48. The zero-order valence-electron chi connectivity index (χ0n) is 12.7. The van der Waals surface area contributed by atoms with E-state index in [4.69, 9.17) is 9.15 Å². The van der Waals surface area contributed by atoms with Gasteiger partial charge in [0.15, 0.2) is 5.58 Å². The van der Waals surface area contributed by atoms with Gasteiger partial charge in [0, 0.05) is 10.0 Å². The normalized spacial score (nSPS) is 11.3. The Morgan fingerprint density at radius 3 is 2.86 bits per heavy atom. The van der Waals surface area contributed by atoms with Gasteiger partial charge in [-0.05, 0) is 48.7 Å². The highest BCUT2D eigenvalue weighted by atomic mass is 79.9. The maximum absolute atomic E-state index is 5.84. The van der Waals surface area contributed by atoms with Crippen LogP contribution in [-0.4, -0.2) is 11.6 Å². The SMILES string of the molecule is CC(C)CCOc1cccc(-c2nc3ccc(Br)cc3o2)c1. The first kappa shape index (κ1) is 15.1. The summed E-state index contributed by atoms with van der Waals surface area (Å²) in [5, 5.41) is 0. The van der Waals surface area contributed by atoms with Crippen LogP contribution < -0.4 is 4.74 Å². The molecule has 114 valence electrons. The minimum atomic E-state index is 0.613. The lowest BCUT2D eigenvalue weighted by Gasteiger charge is -2.08. The highest BCUT2D eigenvalue weighted by Gasteiger charge is 2.09. The molecule has 0 aliphatic rings. The molecule has 0 saturated carbocycles. The van der Waals surface area contributed by atoms with E-state index in [1.165, 1.54) is 0 Å². The van der Waals surface area contributed by atoms with Crippen molar-refractivity contribution in [3.8, 4) is 17.2 Å². The van der Waals surface area contributed by atoms with Gasteiger partial charge in [-0.2, -0.15) is 0 Å². The Morgan fingerprint density at radius 2 is 2.05 bits per heavy atom. The topological polar surface area (TPSA) is 35.3 Å². The summed E-state index contributed by atoms with van der Waals surface area (Å²) in [4.78, 5) is 4.53. The van der Waals surface area contributed by atoms with Crippen LogP contribution in [0.5, 0.6) is 5.75 Å². The minimum Gasteiger partial charge on any atom is -0.494 e. The van der Waals surface area contributed by atoms with Crippen LogP contribution in [0.3, 0.4) is 0 Å². The van der Waals surface area contributed by atoms with Crippen molar-refractivity contribution in [3.05, 3.63) is 46.9 Å². The number of hydrogen-bond donors (Lipinski definition) is 0. The van der Waals surface area contributed by atoms with E-state index in [2.05, 4.69) is 34.8 Å². The number of oxazole rings is 1. The van der Waals surface area contributed by atoms with E-state index in [-0.39, 0.29) is 0 Å². The van der Waals surface area contributed by atoms with E-state index in [0.717, 1.165) is 39.9 Å². The number of ether oxygens (including phenoxy) is 1. The maximum Gasteiger partial charge on any atom is 0.227 e. The first-order valence-corrected chi connectivity index (χ1v) is 8.20. The average Bonchev–Trinajstić information content (AvgIpc) is 2.90. The molecule has 0 radical (unpaired) electrons. The molecule has 0 aliphatic carbocycles. The molecule has 1 aromatic heterocycles. The largest absolute Gasteiger partial charge is 0.494 e. The zero-order chi connectivity index (χ0) is 15.5. The third-order valence-electron chi connectivity index (χ3n) is 3.40. The molecule has 0 spiro atoms. The molecule has 0 saturated heterocycles. The maximum atomic E-state index is 5.84. The third kappa shape index (κ3) is 3.50. The summed E-state index contributed by atoms with van der Waals surface area (Å²) in [5.41, 5.74) is 2.55. The Balaban J connectivity index is 1.83. The fourth-order valence-electron chi connectivity index (χ4n) is 2.15. The molecule has 22 heavy (non-hydrogen) atoms. The molecule has 2 aromatic carbocycles. The second-order valence-electron chi connectivity index (χ2n) is 5.69. The average molecular weight is 360 g/mol. The second kappa shape index (κ2) is 6.53. The molecule has 3 nitrogen and oxygen atoms in total. The van der Waals surface area contributed by atoms with E-state index in [0.29, 0.717) is 11.8 Å². The number of rotatable bonds is 5. The van der Waals surface area contributed by atoms with Gasteiger partial charge >= 0.3 is 0 Å². The summed E-state index contributed by atoms with van der Waals surface area (Å²) < 4.78 is 12.6. The lowest BCUT2D eigenvalue weighted by atomic mass is 10.1. The fraction of sp³-hybridized carbons (Fsp3) is 0.278. The van der Waals surface area contributed by atoms with Crippen molar-refractivity contribution in [1.29, 1.82) is 0 Å². The molecule has 0 fully saturated rings. The van der Waals surface area contributed by atoms with Gasteiger partial charge in [-0.3, -0.25) is 0 Å².